The molecule has 0 heterocycles. The molecule has 0 aromatic heterocycles. The van der Waals surface area contributed by atoms with Gasteiger partial charge < -0.3 is 4.74 Å². The van der Waals surface area contributed by atoms with Crippen molar-refractivity contribution in [2.45, 2.75) is 5.57 Å². The van der Waals surface area contributed by atoms with E-state index in [1.165, 1.54) is 18.2 Å². The zero-order chi connectivity index (χ0) is 8.32. The van der Waals surface area contributed by atoms with Crippen molar-refractivity contribution in [3.8, 4) is 5.75 Å². The number of benzene rings is 1. The van der Waals surface area contributed by atoms with Crippen LogP contribution in [0.5, 0.6) is 5.75 Å². The van der Waals surface area contributed by atoms with Gasteiger partial charge in [0.2, 0.25) is 0 Å². The minimum atomic E-state index is -3.64. The molecule has 0 N–H and O–H groups in total. The van der Waals surface area contributed by atoms with Crippen LogP contribution in [0.25, 0.3) is 0 Å². The molecule has 0 saturated carbocycles. The van der Waals surface area contributed by atoms with Crippen LogP contribution >= 0.6 is 11.6 Å². The van der Waals surface area contributed by atoms with Crippen LogP contribution in [-0.4, -0.2) is 5.57 Å². The van der Waals surface area contributed by atoms with Crippen molar-refractivity contribution in [3.05, 3.63) is 30.3 Å². The Morgan fingerprint density at radius 2 is 2.27 bits per heavy atom. The number of hydrogen-bond donors (Lipinski definition) is 0. The van der Waals surface area contributed by atoms with Gasteiger partial charge in [-0.3, -0.25) is 0 Å². The third-order valence-electron chi connectivity index (χ3n) is 0.912. The Labute approximate surface area is 67.5 Å². The van der Waals surface area contributed by atoms with Gasteiger partial charge in [-0.1, -0.05) is 12.1 Å². The van der Waals surface area contributed by atoms with E-state index < -0.39 is 5.57 Å². The maximum Gasteiger partial charge on any atom is 0.487 e. The smallest absolute Gasteiger partial charge is 0.420 e. The molecular formula is C7H4ClF2O. The second-order valence-electron chi connectivity index (χ2n) is 1.79. The van der Waals surface area contributed by atoms with Gasteiger partial charge in [0.1, 0.15) is 5.75 Å². The summed E-state index contributed by atoms with van der Waals surface area (Å²) in [5.41, 5.74) is -3.64. The molecule has 0 aliphatic rings. The number of rotatable bonds is 2. The molecule has 0 atom stereocenters. The average Bonchev–Trinajstić information content (AvgIpc) is 1.85. The molecule has 59 valence electrons. The highest BCUT2D eigenvalue weighted by Gasteiger charge is 2.27. The van der Waals surface area contributed by atoms with E-state index in [9.17, 15) is 8.78 Å². The van der Waals surface area contributed by atoms with Crippen molar-refractivity contribution in [1.29, 1.82) is 0 Å². The minimum Gasteiger partial charge on any atom is -0.420 e. The number of alkyl halides is 3. The van der Waals surface area contributed by atoms with Gasteiger partial charge in [0, 0.05) is 11.6 Å². The molecule has 11 heavy (non-hydrogen) atoms. The Hall–Kier alpha value is -0.830. The summed E-state index contributed by atoms with van der Waals surface area (Å²) in [6, 6.07) is 8.30. The zero-order valence-corrected chi connectivity index (χ0v) is 6.11. The van der Waals surface area contributed by atoms with Gasteiger partial charge >= 0.3 is 5.57 Å². The lowest BCUT2D eigenvalue weighted by molar-refractivity contribution is -0.0964. The van der Waals surface area contributed by atoms with E-state index in [2.05, 4.69) is 22.4 Å². The van der Waals surface area contributed by atoms with Crippen molar-refractivity contribution < 1.29 is 13.5 Å². The Kier molecular flexibility index (Phi) is 2.29. The number of halogens is 3. The molecule has 1 aromatic rings. The summed E-state index contributed by atoms with van der Waals surface area (Å²) in [5, 5.41) is 0. The lowest BCUT2D eigenvalue weighted by atomic mass is 10.3. The Balaban J connectivity index is 2.66. The first-order valence-corrected chi connectivity index (χ1v) is 3.17. The van der Waals surface area contributed by atoms with Crippen molar-refractivity contribution >= 4 is 11.6 Å². The number of ether oxygens (including phenoxy) is 1. The zero-order valence-electron chi connectivity index (χ0n) is 5.35. The molecule has 0 spiro atoms. The Morgan fingerprint density at radius 1 is 1.55 bits per heavy atom. The van der Waals surface area contributed by atoms with Crippen LogP contribution in [0.3, 0.4) is 0 Å². The van der Waals surface area contributed by atoms with Gasteiger partial charge in [0.25, 0.3) is 0 Å². The topological polar surface area (TPSA) is 9.23 Å². The standard InChI is InChI=1S/C7H4ClF2O/c8-7(9,10)11-6-4-2-1-3-5-6/h1-2,4-5H. The summed E-state index contributed by atoms with van der Waals surface area (Å²) in [4.78, 5) is 0. The highest BCUT2D eigenvalue weighted by atomic mass is 35.5. The molecule has 0 fully saturated rings. The molecule has 4 heteroatoms. The maximum atomic E-state index is 11.9. The molecule has 0 saturated heterocycles. The molecule has 1 nitrogen and oxygen atoms in total. The second-order valence-corrected chi connectivity index (χ2v) is 2.23. The predicted molar refractivity (Wildman–Crippen MR) is 36.7 cm³/mol. The summed E-state index contributed by atoms with van der Waals surface area (Å²) in [6.07, 6.45) is 0. The van der Waals surface area contributed by atoms with Crippen LogP contribution in [0, 0.1) is 6.07 Å². The van der Waals surface area contributed by atoms with E-state index in [1.54, 1.807) is 6.07 Å². The van der Waals surface area contributed by atoms with Gasteiger partial charge in [0.15, 0.2) is 0 Å². The van der Waals surface area contributed by atoms with E-state index in [-0.39, 0.29) is 5.75 Å². The summed E-state index contributed by atoms with van der Waals surface area (Å²) >= 11 is 4.50. The second kappa shape index (κ2) is 3.05. The molecule has 0 bridgehead atoms. The van der Waals surface area contributed by atoms with Crippen LogP contribution < -0.4 is 4.74 Å². The van der Waals surface area contributed by atoms with Crippen molar-refractivity contribution in [2.75, 3.05) is 0 Å². The van der Waals surface area contributed by atoms with Crippen LogP contribution in [-0.2, 0) is 0 Å². The van der Waals surface area contributed by atoms with Gasteiger partial charge in [-0.2, -0.15) is 0 Å². The normalized spacial score (nSPS) is 11.2. The van der Waals surface area contributed by atoms with Crippen LogP contribution in [0.4, 0.5) is 8.78 Å². The van der Waals surface area contributed by atoms with E-state index >= 15 is 0 Å². The molecule has 0 amide bonds. The Bertz CT molecular complexity index is 220. The molecule has 0 aliphatic carbocycles. The highest BCUT2D eigenvalue weighted by Crippen LogP contribution is 2.23. The van der Waals surface area contributed by atoms with Gasteiger partial charge in [-0.15, -0.1) is 8.78 Å². The molecule has 0 aliphatic heterocycles. The summed E-state index contributed by atoms with van der Waals surface area (Å²) < 4.78 is 27.9. The summed E-state index contributed by atoms with van der Waals surface area (Å²) in [7, 11) is 0. The van der Waals surface area contributed by atoms with Crippen LogP contribution in [0.2, 0.25) is 0 Å². The maximum absolute atomic E-state index is 11.9. The minimum absolute atomic E-state index is 0.00694. The van der Waals surface area contributed by atoms with E-state index in [1.807, 2.05) is 0 Å². The molecular weight excluding hydrogens is 174 g/mol. The van der Waals surface area contributed by atoms with Crippen molar-refractivity contribution in [1.82, 2.24) is 0 Å². The highest BCUT2D eigenvalue weighted by molar-refractivity contribution is 6.20. The third kappa shape index (κ3) is 3.18. The SMILES string of the molecule is FC(F)(Cl)Oc1c[c]ccc1. The predicted octanol–water partition coefficient (Wildman–Crippen LogP) is 2.65. The summed E-state index contributed by atoms with van der Waals surface area (Å²) in [6.45, 7) is 0. The Morgan fingerprint density at radius 3 is 2.73 bits per heavy atom. The van der Waals surface area contributed by atoms with Crippen LogP contribution in [0.1, 0.15) is 0 Å². The van der Waals surface area contributed by atoms with E-state index in [0.29, 0.717) is 0 Å². The van der Waals surface area contributed by atoms with E-state index in [0.717, 1.165) is 0 Å². The van der Waals surface area contributed by atoms with Crippen molar-refractivity contribution in [2.24, 2.45) is 0 Å². The monoisotopic (exact) mass is 177 g/mol. The van der Waals surface area contributed by atoms with Gasteiger partial charge in [0.05, 0.1) is 0 Å². The first-order chi connectivity index (χ1) is 5.08. The van der Waals surface area contributed by atoms with Gasteiger partial charge in [-0.05, 0) is 18.2 Å². The molecule has 1 aromatic carbocycles. The molecule has 1 rings (SSSR count). The quantitative estimate of drug-likeness (QED) is 0.631. The lowest BCUT2D eigenvalue weighted by Gasteiger charge is -2.09. The fourth-order valence-corrected chi connectivity index (χ4v) is 0.663. The largest absolute Gasteiger partial charge is 0.487 e. The average molecular weight is 178 g/mol. The van der Waals surface area contributed by atoms with Crippen LogP contribution in [0.15, 0.2) is 24.3 Å². The number of hydrogen-bond acceptors (Lipinski definition) is 1. The van der Waals surface area contributed by atoms with Crippen molar-refractivity contribution in [3.63, 3.8) is 0 Å². The first-order valence-electron chi connectivity index (χ1n) is 2.80. The lowest BCUT2D eigenvalue weighted by Crippen LogP contribution is -2.15. The fraction of sp³-hybridized carbons (Fsp3) is 0.143. The summed E-state index contributed by atoms with van der Waals surface area (Å²) in [5.74, 6) is -0.00694. The van der Waals surface area contributed by atoms with E-state index in [4.69, 9.17) is 0 Å². The molecule has 1 radical (unpaired) electrons. The fourth-order valence-electron chi connectivity index (χ4n) is 0.574. The first kappa shape index (κ1) is 8.27. The molecule has 0 unspecified atom stereocenters. The van der Waals surface area contributed by atoms with Gasteiger partial charge in [-0.25, -0.2) is 0 Å². The third-order valence-corrected chi connectivity index (χ3v) is 0.989.